The molecule has 1 saturated heterocycles. The van der Waals surface area contributed by atoms with Gasteiger partial charge in [-0.15, -0.1) is 11.3 Å². The number of aryl methyl sites for hydroxylation is 1. The van der Waals surface area contributed by atoms with Crippen molar-refractivity contribution >= 4 is 22.4 Å². The smallest absolute Gasteiger partial charge is 0.357 e. The molecular weight excluding hydrogens is 264 g/mol. The number of nitrogens with zero attached hydrogens (tertiary/aromatic N) is 2. The predicted molar refractivity (Wildman–Crippen MR) is 75.0 cm³/mol. The molecule has 0 amide bonds. The molecule has 19 heavy (non-hydrogen) atoms. The van der Waals surface area contributed by atoms with E-state index >= 15 is 0 Å². The Balaban J connectivity index is 2.11. The lowest BCUT2D eigenvalue weighted by Gasteiger charge is -2.32. The van der Waals surface area contributed by atoms with Crippen molar-refractivity contribution in [3.05, 3.63) is 10.6 Å². The van der Waals surface area contributed by atoms with Gasteiger partial charge in [0.1, 0.15) is 0 Å². The molecule has 1 aromatic rings. The summed E-state index contributed by atoms with van der Waals surface area (Å²) in [6, 6.07) is 0. The molecule has 0 saturated carbocycles. The van der Waals surface area contributed by atoms with E-state index in [-0.39, 0.29) is 5.97 Å². The predicted octanol–water partition coefficient (Wildman–Crippen LogP) is 2.10. The summed E-state index contributed by atoms with van der Waals surface area (Å²) >= 11 is 1.56. The van der Waals surface area contributed by atoms with E-state index in [9.17, 15) is 4.79 Å². The summed E-state index contributed by atoms with van der Waals surface area (Å²) in [6.45, 7) is 4.63. The molecule has 2 rings (SSSR count). The van der Waals surface area contributed by atoms with Gasteiger partial charge in [-0.1, -0.05) is 0 Å². The van der Waals surface area contributed by atoms with Crippen LogP contribution in [0.3, 0.4) is 0 Å². The van der Waals surface area contributed by atoms with Gasteiger partial charge < -0.3 is 14.4 Å². The van der Waals surface area contributed by atoms with E-state index in [1.807, 2.05) is 6.92 Å². The van der Waals surface area contributed by atoms with Gasteiger partial charge in [-0.3, -0.25) is 0 Å². The van der Waals surface area contributed by atoms with E-state index in [4.69, 9.17) is 9.47 Å². The Kier molecular flexibility index (Phi) is 4.76. The van der Waals surface area contributed by atoms with E-state index < -0.39 is 0 Å². The second-order valence-corrected chi connectivity index (χ2v) is 5.98. The molecule has 106 valence electrons. The minimum atomic E-state index is -0.356. The number of anilines is 1. The number of thiazole rings is 1. The molecule has 0 radical (unpaired) electrons. The first kappa shape index (κ1) is 14.3. The summed E-state index contributed by atoms with van der Waals surface area (Å²) in [5.41, 5.74) is 0.441. The van der Waals surface area contributed by atoms with Crippen LogP contribution in [0.5, 0.6) is 0 Å². The molecule has 0 spiro atoms. The second kappa shape index (κ2) is 6.34. The zero-order chi connectivity index (χ0) is 13.8. The number of piperidine rings is 1. The fourth-order valence-electron chi connectivity index (χ4n) is 2.41. The number of hydrogen-bond acceptors (Lipinski definition) is 6. The van der Waals surface area contributed by atoms with E-state index in [0.29, 0.717) is 11.6 Å². The van der Waals surface area contributed by atoms with Crippen molar-refractivity contribution in [3.8, 4) is 0 Å². The number of aromatic nitrogens is 1. The van der Waals surface area contributed by atoms with Gasteiger partial charge in [-0.05, 0) is 25.7 Å². The van der Waals surface area contributed by atoms with Crippen molar-refractivity contribution in [2.75, 3.05) is 38.8 Å². The highest BCUT2D eigenvalue weighted by atomic mass is 32.1. The Hall–Kier alpha value is -1.14. The fraction of sp³-hybridized carbons (Fsp3) is 0.692. The molecule has 0 aliphatic carbocycles. The highest BCUT2D eigenvalue weighted by Crippen LogP contribution is 2.29. The highest BCUT2D eigenvalue weighted by molar-refractivity contribution is 7.15. The highest BCUT2D eigenvalue weighted by Gasteiger charge is 2.24. The molecule has 5 nitrogen and oxygen atoms in total. The van der Waals surface area contributed by atoms with Crippen molar-refractivity contribution < 1.29 is 14.3 Å². The number of carbonyl (C=O) groups is 1. The van der Waals surface area contributed by atoms with E-state index in [0.717, 1.165) is 36.1 Å². The molecule has 1 fully saturated rings. The lowest BCUT2D eigenvalue weighted by Crippen LogP contribution is -2.37. The van der Waals surface area contributed by atoms with Crippen LogP contribution < -0.4 is 4.90 Å². The van der Waals surface area contributed by atoms with E-state index in [1.54, 1.807) is 18.4 Å². The first-order valence-electron chi connectivity index (χ1n) is 6.45. The second-order valence-electron chi connectivity index (χ2n) is 4.80. The topological polar surface area (TPSA) is 51.7 Å². The maximum atomic E-state index is 11.6. The van der Waals surface area contributed by atoms with Gasteiger partial charge in [0.15, 0.2) is 10.8 Å². The zero-order valence-electron chi connectivity index (χ0n) is 11.6. The quantitative estimate of drug-likeness (QED) is 0.793. The van der Waals surface area contributed by atoms with Gasteiger partial charge in [0, 0.05) is 25.1 Å². The number of methoxy groups -OCH3 is 2. The minimum Gasteiger partial charge on any atom is -0.464 e. The summed E-state index contributed by atoms with van der Waals surface area (Å²) in [6.07, 6.45) is 2.33. The molecule has 2 heterocycles. The summed E-state index contributed by atoms with van der Waals surface area (Å²) in [5.74, 6) is 0.190. The molecule has 0 bridgehead atoms. The van der Waals surface area contributed by atoms with Crippen molar-refractivity contribution in [1.82, 2.24) is 4.98 Å². The van der Waals surface area contributed by atoms with Gasteiger partial charge in [-0.2, -0.15) is 0 Å². The summed E-state index contributed by atoms with van der Waals surface area (Å²) < 4.78 is 9.98. The normalized spacial score (nSPS) is 19.5. The zero-order valence-corrected chi connectivity index (χ0v) is 12.5. The van der Waals surface area contributed by atoms with Crippen LogP contribution >= 0.6 is 11.3 Å². The van der Waals surface area contributed by atoms with Crippen LogP contribution in [0.4, 0.5) is 5.13 Å². The monoisotopic (exact) mass is 284 g/mol. The molecule has 0 N–H and O–H groups in total. The SMILES string of the molecule is COCC1CCCN(c2nc(C(=O)OC)c(C)s2)C1. The van der Waals surface area contributed by atoms with Crippen molar-refractivity contribution in [3.63, 3.8) is 0 Å². The molecule has 6 heteroatoms. The number of ether oxygens (including phenoxy) is 2. The lowest BCUT2D eigenvalue weighted by atomic mass is 9.99. The minimum absolute atomic E-state index is 0.356. The number of carbonyl (C=O) groups excluding carboxylic acids is 1. The van der Waals surface area contributed by atoms with Gasteiger partial charge in [0.25, 0.3) is 0 Å². The first-order chi connectivity index (χ1) is 9.15. The number of esters is 1. The van der Waals surface area contributed by atoms with Crippen LogP contribution in [-0.4, -0.2) is 44.9 Å². The maximum Gasteiger partial charge on any atom is 0.357 e. The average molecular weight is 284 g/mol. The third-order valence-electron chi connectivity index (χ3n) is 3.36. The van der Waals surface area contributed by atoms with Crippen molar-refractivity contribution in [2.24, 2.45) is 5.92 Å². The third-order valence-corrected chi connectivity index (χ3v) is 4.39. The molecule has 1 atom stereocenters. The van der Waals surface area contributed by atoms with E-state index in [1.165, 1.54) is 13.5 Å². The van der Waals surface area contributed by atoms with Crippen LogP contribution in [0.1, 0.15) is 28.2 Å². The Bertz CT molecular complexity index is 445. The largest absolute Gasteiger partial charge is 0.464 e. The average Bonchev–Trinajstić information content (AvgIpc) is 2.81. The summed E-state index contributed by atoms with van der Waals surface area (Å²) in [5, 5.41) is 0.915. The number of hydrogen-bond donors (Lipinski definition) is 0. The number of rotatable bonds is 4. The van der Waals surface area contributed by atoms with Crippen LogP contribution in [-0.2, 0) is 9.47 Å². The van der Waals surface area contributed by atoms with Crippen molar-refractivity contribution in [2.45, 2.75) is 19.8 Å². The molecule has 0 aromatic carbocycles. The van der Waals surface area contributed by atoms with Gasteiger partial charge in [0.2, 0.25) is 0 Å². The molecule has 1 aliphatic rings. The molecule has 1 aromatic heterocycles. The fourth-order valence-corrected chi connectivity index (χ4v) is 3.35. The van der Waals surface area contributed by atoms with Crippen LogP contribution in [0.25, 0.3) is 0 Å². The van der Waals surface area contributed by atoms with E-state index in [2.05, 4.69) is 9.88 Å². The standard InChI is InChI=1S/C13H20N2O3S/c1-9-11(12(16)18-3)14-13(19-9)15-6-4-5-10(7-15)8-17-2/h10H,4-8H2,1-3H3. The summed E-state index contributed by atoms with van der Waals surface area (Å²) in [7, 11) is 3.12. The molecular formula is C13H20N2O3S. The Morgan fingerprint density at radius 3 is 3.00 bits per heavy atom. The van der Waals surface area contributed by atoms with Gasteiger partial charge >= 0.3 is 5.97 Å². The lowest BCUT2D eigenvalue weighted by molar-refractivity contribution is 0.0594. The molecule has 1 aliphatic heterocycles. The van der Waals surface area contributed by atoms with Crippen LogP contribution in [0.2, 0.25) is 0 Å². The molecule has 1 unspecified atom stereocenters. The van der Waals surface area contributed by atoms with Crippen LogP contribution in [0.15, 0.2) is 0 Å². The van der Waals surface area contributed by atoms with Crippen molar-refractivity contribution in [1.29, 1.82) is 0 Å². The Labute approximate surface area is 117 Å². The third kappa shape index (κ3) is 3.25. The first-order valence-corrected chi connectivity index (χ1v) is 7.27. The van der Waals surface area contributed by atoms with Gasteiger partial charge in [0.05, 0.1) is 13.7 Å². The summed E-state index contributed by atoms with van der Waals surface area (Å²) in [4.78, 5) is 19.2. The van der Waals surface area contributed by atoms with Gasteiger partial charge in [-0.25, -0.2) is 9.78 Å². The Morgan fingerprint density at radius 2 is 2.32 bits per heavy atom. The maximum absolute atomic E-state index is 11.6. The van der Waals surface area contributed by atoms with Crippen LogP contribution in [0, 0.1) is 12.8 Å². The Morgan fingerprint density at radius 1 is 1.53 bits per heavy atom.